The van der Waals surface area contributed by atoms with E-state index in [1.165, 1.54) is 0 Å². The van der Waals surface area contributed by atoms with Gasteiger partial charge in [0.15, 0.2) is 0 Å². The summed E-state index contributed by atoms with van der Waals surface area (Å²) in [6.45, 7) is 4.26. The molecule has 0 aliphatic carbocycles. The minimum atomic E-state index is -0.0943. The molecule has 0 saturated heterocycles. The Morgan fingerprint density at radius 2 is 2.00 bits per heavy atom. The predicted molar refractivity (Wildman–Crippen MR) is 76.7 cm³/mol. The van der Waals surface area contributed by atoms with E-state index in [1.54, 1.807) is 17.8 Å². The molecule has 0 atom stereocenters. The Balaban J connectivity index is 2.30. The van der Waals surface area contributed by atoms with E-state index in [9.17, 15) is 4.79 Å². The van der Waals surface area contributed by atoms with Crippen LogP contribution in [0.1, 0.15) is 19.7 Å². The Kier molecular flexibility index (Phi) is 4.20. The van der Waals surface area contributed by atoms with Gasteiger partial charge in [0.05, 0.1) is 11.4 Å². The minimum absolute atomic E-state index is 0.0943. The number of benzene rings is 1. The van der Waals surface area contributed by atoms with E-state index in [1.807, 2.05) is 30.3 Å². The van der Waals surface area contributed by atoms with Gasteiger partial charge in [-0.05, 0) is 5.25 Å². The summed E-state index contributed by atoms with van der Waals surface area (Å²) in [6.07, 6.45) is 0. The molecule has 1 aromatic carbocycles. The van der Waals surface area contributed by atoms with Crippen molar-refractivity contribution < 1.29 is 0 Å². The van der Waals surface area contributed by atoms with Crippen LogP contribution in [0.3, 0.4) is 0 Å². The number of thioether (sulfide) groups is 1. The van der Waals surface area contributed by atoms with Crippen LogP contribution >= 0.6 is 11.8 Å². The molecule has 2 aromatic rings. The van der Waals surface area contributed by atoms with Gasteiger partial charge in [-0.25, -0.2) is 4.98 Å². The van der Waals surface area contributed by atoms with Gasteiger partial charge in [-0.3, -0.25) is 4.79 Å². The molecule has 0 aliphatic heterocycles. The highest BCUT2D eigenvalue weighted by molar-refractivity contribution is 7.99. The highest BCUT2D eigenvalue weighted by Gasteiger charge is 2.04. The fraction of sp³-hybridized carbons (Fsp3) is 0.286. The van der Waals surface area contributed by atoms with Crippen molar-refractivity contribution in [1.29, 1.82) is 0 Å². The fourth-order valence-corrected chi connectivity index (χ4v) is 2.21. The topological polar surface area (TPSA) is 45.8 Å². The molecule has 94 valence electrons. The first-order chi connectivity index (χ1) is 8.65. The third kappa shape index (κ3) is 3.47. The molecule has 18 heavy (non-hydrogen) atoms. The molecule has 0 aliphatic rings. The Bertz CT molecular complexity index is 564. The zero-order valence-electron chi connectivity index (χ0n) is 10.5. The second-order valence-corrected chi connectivity index (χ2v) is 5.87. The number of H-pyrrole nitrogens is 1. The zero-order chi connectivity index (χ0) is 13.0. The van der Waals surface area contributed by atoms with Gasteiger partial charge in [-0.15, -0.1) is 0 Å². The summed E-state index contributed by atoms with van der Waals surface area (Å²) in [5, 5.41) is 0.524. The van der Waals surface area contributed by atoms with E-state index in [2.05, 4.69) is 23.8 Å². The van der Waals surface area contributed by atoms with Crippen molar-refractivity contribution in [2.24, 2.45) is 0 Å². The van der Waals surface area contributed by atoms with Crippen molar-refractivity contribution in [2.45, 2.75) is 24.9 Å². The molecule has 3 nitrogen and oxygen atoms in total. The van der Waals surface area contributed by atoms with Gasteiger partial charge >= 0.3 is 0 Å². The normalized spacial score (nSPS) is 10.8. The molecule has 0 radical (unpaired) electrons. The SMILES string of the molecule is CC(C)SCc1nc(-c2ccccc2)cc(=O)[nH]1. The van der Waals surface area contributed by atoms with Crippen LogP contribution in [0.5, 0.6) is 0 Å². The first-order valence-electron chi connectivity index (χ1n) is 5.92. The van der Waals surface area contributed by atoms with E-state index in [4.69, 9.17) is 0 Å². The molecule has 0 bridgehead atoms. The van der Waals surface area contributed by atoms with Crippen LogP contribution in [0, 0.1) is 0 Å². The van der Waals surface area contributed by atoms with Crippen molar-refractivity contribution in [1.82, 2.24) is 9.97 Å². The molecule has 1 heterocycles. The summed E-state index contributed by atoms with van der Waals surface area (Å²) in [5.74, 6) is 1.47. The largest absolute Gasteiger partial charge is 0.310 e. The van der Waals surface area contributed by atoms with E-state index < -0.39 is 0 Å². The Morgan fingerprint density at radius 1 is 1.28 bits per heavy atom. The van der Waals surface area contributed by atoms with E-state index in [-0.39, 0.29) is 5.56 Å². The van der Waals surface area contributed by atoms with Gasteiger partial charge in [0.2, 0.25) is 0 Å². The van der Waals surface area contributed by atoms with Crippen LogP contribution in [-0.4, -0.2) is 15.2 Å². The summed E-state index contributed by atoms with van der Waals surface area (Å²) >= 11 is 1.76. The smallest absolute Gasteiger partial charge is 0.251 e. The Hall–Kier alpha value is -1.55. The minimum Gasteiger partial charge on any atom is -0.310 e. The molecule has 0 saturated carbocycles. The lowest BCUT2D eigenvalue weighted by Gasteiger charge is -2.06. The number of hydrogen-bond donors (Lipinski definition) is 1. The highest BCUT2D eigenvalue weighted by Crippen LogP contribution is 2.17. The van der Waals surface area contributed by atoms with Crippen LogP contribution < -0.4 is 5.56 Å². The molecule has 0 unspecified atom stereocenters. The standard InChI is InChI=1S/C14H16N2OS/c1-10(2)18-9-13-15-12(8-14(17)16-13)11-6-4-3-5-7-11/h3-8,10H,9H2,1-2H3,(H,15,16,17). The lowest BCUT2D eigenvalue weighted by atomic mass is 10.1. The van der Waals surface area contributed by atoms with Crippen LogP contribution in [0.15, 0.2) is 41.2 Å². The monoisotopic (exact) mass is 260 g/mol. The average molecular weight is 260 g/mol. The van der Waals surface area contributed by atoms with Gasteiger partial charge in [0.25, 0.3) is 5.56 Å². The van der Waals surface area contributed by atoms with Crippen molar-refractivity contribution >= 4 is 11.8 Å². The number of nitrogens with one attached hydrogen (secondary N) is 1. The summed E-state index contributed by atoms with van der Waals surface area (Å²) in [7, 11) is 0. The maximum atomic E-state index is 11.6. The maximum Gasteiger partial charge on any atom is 0.251 e. The molecule has 0 amide bonds. The predicted octanol–water partition coefficient (Wildman–Crippen LogP) is 3.08. The van der Waals surface area contributed by atoms with Gasteiger partial charge in [-0.2, -0.15) is 11.8 Å². The first kappa shape index (κ1) is 12.9. The molecule has 4 heteroatoms. The van der Waals surface area contributed by atoms with E-state index in [0.29, 0.717) is 5.25 Å². The molecule has 1 aromatic heterocycles. The highest BCUT2D eigenvalue weighted by atomic mass is 32.2. The number of rotatable bonds is 4. The van der Waals surface area contributed by atoms with Crippen molar-refractivity contribution in [3.8, 4) is 11.3 Å². The van der Waals surface area contributed by atoms with E-state index in [0.717, 1.165) is 22.8 Å². The number of aromatic amines is 1. The Morgan fingerprint density at radius 3 is 2.67 bits per heavy atom. The second kappa shape index (κ2) is 5.87. The van der Waals surface area contributed by atoms with Gasteiger partial charge < -0.3 is 4.98 Å². The quantitative estimate of drug-likeness (QED) is 0.919. The lowest BCUT2D eigenvalue weighted by molar-refractivity contribution is 0.999. The van der Waals surface area contributed by atoms with Crippen LogP contribution in [0.4, 0.5) is 0 Å². The summed E-state index contributed by atoms with van der Waals surface area (Å²) in [4.78, 5) is 18.9. The number of nitrogens with zero attached hydrogens (tertiary/aromatic N) is 1. The van der Waals surface area contributed by atoms with Gasteiger partial charge in [0, 0.05) is 11.6 Å². The van der Waals surface area contributed by atoms with Crippen LogP contribution in [-0.2, 0) is 5.75 Å². The number of aromatic nitrogens is 2. The van der Waals surface area contributed by atoms with Crippen LogP contribution in [0.25, 0.3) is 11.3 Å². The third-order valence-corrected chi connectivity index (χ3v) is 3.52. The first-order valence-corrected chi connectivity index (χ1v) is 6.97. The van der Waals surface area contributed by atoms with Crippen molar-refractivity contribution in [2.75, 3.05) is 0 Å². The molecule has 0 fully saturated rings. The van der Waals surface area contributed by atoms with Gasteiger partial charge in [0.1, 0.15) is 5.82 Å². The summed E-state index contributed by atoms with van der Waals surface area (Å²) < 4.78 is 0. The Labute approximate surface area is 111 Å². The lowest BCUT2D eigenvalue weighted by Crippen LogP contribution is -2.10. The summed E-state index contributed by atoms with van der Waals surface area (Å²) in [5.41, 5.74) is 1.61. The second-order valence-electron chi connectivity index (χ2n) is 4.30. The third-order valence-electron chi connectivity index (χ3n) is 2.41. The average Bonchev–Trinajstić information content (AvgIpc) is 2.37. The molecular weight excluding hydrogens is 244 g/mol. The fourth-order valence-electron chi connectivity index (χ4n) is 1.58. The van der Waals surface area contributed by atoms with E-state index >= 15 is 0 Å². The summed E-state index contributed by atoms with van der Waals surface area (Å²) in [6, 6.07) is 11.3. The zero-order valence-corrected chi connectivity index (χ0v) is 11.3. The molecule has 0 spiro atoms. The molecule has 2 rings (SSSR count). The maximum absolute atomic E-state index is 11.6. The van der Waals surface area contributed by atoms with Gasteiger partial charge in [-0.1, -0.05) is 44.2 Å². The van der Waals surface area contributed by atoms with Crippen molar-refractivity contribution in [3.63, 3.8) is 0 Å². The van der Waals surface area contributed by atoms with Crippen LogP contribution in [0.2, 0.25) is 0 Å². The number of hydrogen-bond acceptors (Lipinski definition) is 3. The molecule has 1 N–H and O–H groups in total. The van der Waals surface area contributed by atoms with Crippen molar-refractivity contribution in [3.05, 3.63) is 52.6 Å². The molecular formula is C14H16N2OS.